The Kier molecular flexibility index (Phi) is 3.60. The zero-order valence-electron chi connectivity index (χ0n) is 8.12. The molecule has 0 saturated carbocycles. The maximum Gasteiger partial charge on any atom is 0.0831 e. The van der Waals surface area contributed by atoms with Crippen LogP contribution >= 0.6 is 0 Å². The van der Waals surface area contributed by atoms with Crippen LogP contribution in [0.15, 0.2) is 18.5 Å². The van der Waals surface area contributed by atoms with Crippen molar-refractivity contribution in [3.63, 3.8) is 0 Å². The average molecular weight is 177 g/mol. The predicted octanol–water partition coefficient (Wildman–Crippen LogP) is 1.95. The lowest BCUT2D eigenvalue weighted by atomic mass is 10.1. The highest BCUT2D eigenvalue weighted by Crippen LogP contribution is 2.15. The lowest BCUT2D eigenvalue weighted by Gasteiger charge is -2.03. The Balaban J connectivity index is 2.66. The molecule has 0 saturated heterocycles. The van der Waals surface area contributed by atoms with Crippen molar-refractivity contribution in [3.05, 3.63) is 24.0 Å². The summed E-state index contributed by atoms with van der Waals surface area (Å²) < 4.78 is 1.98. The molecule has 2 nitrogen and oxygen atoms in total. The van der Waals surface area contributed by atoms with E-state index < -0.39 is 0 Å². The lowest BCUT2D eigenvalue weighted by molar-refractivity contribution is 0.173. The molecule has 0 radical (unpaired) electrons. The zero-order valence-corrected chi connectivity index (χ0v) is 8.12. The second-order valence-corrected chi connectivity index (χ2v) is 2.97. The molecule has 0 bridgehead atoms. The van der Waals surface area contributed by atoms with E-state index in [-0.39, 0.29) is 6.10 Å². The van der Waals surface area contributed by atoms with E-state index >= 15 is 0 Å². The fourth-order valence-electron chi connectivity index (χ4n) is 1.16. The van der Waals surface area contributed by atoms with E-state index in [2.05, 4.69) is 11.8 Å². The van der Waals surface area contributed by atoms with Crippen LogP contribution in [-0.2, 0) is 6.54 Å². The summed E-state index contributed by atoms with van der Waals surface area (Å²) in [5.41, 5.74) is 0.973. The molecule has 1 N–H and O–H groups in total. The van der Waals surface area contributed by atoms with Crippen LogP contribution in [0.25, 0.3) is 0 Å². The average Bonchev–Trinajstić information content (AvgIpc) is 2.62. The SMILES string of the molecule is CC#CCn1ccc(C(O)CC)c1. The van der Waals surface area contributed by atoms with E-state index in [1.165, 1.54) is 0 Å². The highest BCUT2D eigenvalue weighted by molar-refractivity contribution is 5.14. The maximum absolute atomic E-state index is 9.52. The zero-order chi connectivity index (χ0) is 9.68. The molecular weight excluding hydrogens is 162 g/mol. The predicted molar refractivity (Wildman–Crippen MR) is 53.1 cm³/mol. The summed E-state index contributed by atoms with van der Waals surface area (Å²) in [6.07, 6.45) is 4.30. The quantitative estimate of drug-likeness (QED) is 0.701. The van der Waals surface area contributed by atoms with Crippen LogP contribution in [0.2, 0.25) is 0 Å². The summed E-state index contributed by atoms with van der Waals surface area (Å²) in [5.74, 6) is 5.80. The first-order valence-electron chi connectivity index (χ1n) is 4.51. The van der Waals surface area contributed by atoms with E-state index in [9.17, 15) is 5.11 Å². The summed E-state index contributed by atoms with van der Waals surface area (Å²) in [6, 6.07) is 1.94. The number of hydrogen-bond acceptors (Lipinski definition) is 1. The number of aliphatic hydroxyl groups is 1. The van der Waals surface area contributed by atoms with Gasteiger partial charge < -0.3 is 9.67 Å². The van der Waals surface area contributed by atoms with Crippen LogP contribution in [0.5, 0.6) is 0 Å². The minimum absolute atomic E-state index is 0.337. The summed E-state index contributed by atoms with van der Waals surface area (Å²) in [5, 5.41) is 9.52. The normalized spacial score (nSPS) is 11.9. The van der Waals surface area contributed by atoms with Crippen molar-refractivity contribution in [2.45, 2.75) is 32.9 Å². The van der Waals surface area contributed by atoms with Gasteiger partial charge in [0, 0.05) is 12.4 Å². The van der Waals surface area contributed by atoms with E-state index in [0.717, 1.165) is 12.0 Å². The van der Waals surface area contributed by atoms with Crippen LogP contribution in [0.3, 0.4) is 0 Å². The molecule has 0 aliphatic rings. The standard InChI is InChI=1S/C11H15NO/c1-3-5-7-12-8-6-10(9-12)11(13)4-2/h6,8-9,11,13H,4,7H2,1-2H3. The molecule has 1 unspecified atom stereocenters. The highest BCUT2D eigenvalue weighted by atomic mass is 16.3. The summed E-state index contributed by atoms with van der Waals surface area (Å²) in [7, 11) is 0. The Morgan fingerprint density at radius 2 is 2.38 bits per heavy atom. The van der Waals surface area contributed by atoms with E-state index in [1.54, 1.807) is 0 Å². The van der Waals surface area contributed by atoms with E-state index in [1.807, 2.05) is 36.9 Å². The summed E-state index contributed by atoms with van der Waals surface area (Å²) >= 11 is 0. The molecule has 1 rings (SSSR count). The Morgan fingerprint density at radius 1 is 1.62 bits per heavy atom. The van der Waals surface area contributed by atoms with Crippen molar-refractivity contribution in [1.29, 1.82) is 0 Å². The molecule has 0 fully saturated rings. The number of hydrogen-bond donors (Lipinski definition) is 1. The van der Waals surface area contributed by atoms with Crippen LogP contribution in [-0.4, -0.2) is 9.67 Å². The topological polar surface area (TPSA) is 25.2 Å². The van der Waals surface area contributed by atoms with E-state index in [4.69, 9.17) is 0 Å². The van der Waals surface area contributed by atoms with Gasteiger partial charge in [-0.05, 0) is 25.0 Å². The largest absolute Gasteiger partial charge is 0.388 e. The maximum atomic E-state index is 9.52. The molecule has 0 aromatic carbocycles. The third-order valence-corrected chi connectivity index (χ3v) is 1.98. The van der Waals surface area contributed by atoms with Gasteiger partial charge in [-0.3, -0.25) is 0 Å². The molecular formula is C11H15NO. The third kappa shape index (κ3) is 2.64. The first-order valence-corrected chi connectivity index (χ1v) is 4.51. The van der Waals surface area contributed by atoms with Gasteiger partial charge >= 0.3 is 0 Å². The number of aliphatic hydroxyl groups excluding tert-OH is 1. The van der Waals surface area contributed by atoms with Gasteiger partial charge in [-0.25, -0.2) is 0 Å². The van der Waals surface area contributed by atoms with Gasteiger partial charge in [-0.15, -0.1) is 5.92 Å². The number of rotatable bonds is 3. The molecule has 0 amide bonds. The van der Waals surface area contributed by atoms with Crippen LogP contribution in [0.4, 0.5) is 0 Å². The molecule has 70 valence electrons. The van der Waals surface area contributed by atoms with Crippen molar-refractivity contribution in [2.75, 3.05) is 0 Å². The van der Waals surface area contributed by atoms with Gasteiger partial charge in [0.1, 0.15) is 0 Å². The molecule has 2 heteroatoms. The fourth-order valence-corrected chi connectivity index (χ4v) is 1.16. The molecule has 1 aromatic rings. The van der Waals surface area contributed by atoms with Gasteiger partial charge in [-0.1, -0.05) is 12.8 Å². The van der Waals surface area contributed by atoms with Gasteiger partial charge in [0.05, 0.1) is 12.6 Å². The second kappa shape index (κ2) is 4.74. The monoisotopic (exact) mass is 177 g/mol. The minimum Gasteiger partial charge on any atom is -0.388 e. The Morgan fingerprint density at radius 3 is 3.00 bits per heavy atom. The van der Waals surface area contributed by atoms with Gasteiger partial charge in [-0.2, -0.15) is 0 Å². The molecule has 13 heavy (non-hydrogen) atoms. The van der Waals surface area contributed by atoms with Gasteiger partial charge in [0.15, 0.2) is 0 Å². The minimum atomic E-state index is -0.337. The Labute approximate surface area is 79.2 Å². The molecule has 0 spiro atoms. The van der Waals surface area contributed by atoms with Gasteiger partial charge in [0.2, 0.25) is 0 Å². The Hall–Kier alpha value is -1.20. The van der Waals surface area contributed by atoms with Crippen molar-refractivity contribution in [1.82, 2.24) is 4.57 Å². The lowest BCUT2D eigenvalue weighted by Crippen LogP contribution is -1.94. The van der Waals surface area contributed by atoms with Crippen molar-refractivity contribution in [3.8, 4) is 11.8 Å². The van der Waals surface area contributed by atoms with Crippen LogP contribution < -0.4 is 0 Å². The molecule has 0 aliphatic carbocycles. The molecule has 1 heterocycles. The van der Waals surface area contributed by atoms with Crippen molar-refractivity contribution in [2.24, 2.45) is 0 Å². The third-order valence-electron chi connectivity index (χ3n) is 1.98. The highest BCUT2D eigenvalue weighted by Gasteiger charge is 2.04. The first kappa shape index (κ1) is 9.88. The number of aromatic nitrogens is 1. The molecule has 1 atom stereocenters. The summed E-state index contributed by atoms with van der Waals surface area (Å²) in [6.45, 7) is 4.49. The number of nitrogens with zero attached hydrogens (tertiary/aromatic N) is 1. The van der Waals surface area contributed by atoms with Crippen LogP contribution in [0, 0.1) is 11.8 Å². The summed E-state index contributed by atoms with van der Waals surface area (Å²) in [4.78, 5) is 0. The second-order valence-electron chi connectivity index (χ2n) is 2.97. The van der Waals surface area contributed by atoms with E-state index in [0.29, 0.717) is 6.54 Å². The molecule has 0 aliphatic heterocycles. The smallest absolute Gasteiger partial charge is 0.0831 e. The Bertz CT molecular complexity index is 316. The van der Waals surface area contributed by atoms with Gasteiger partial charge in [0.25, 0.3) is 0 Å². The fraction of sp³-hybridized carbons (Fsp3) is 0.455. The first-order chi connectivity index (χ1) is 6.27. The van der Waals surface area contributed by atoms with Crippen molar-refractivity contribution >= 4 is 0 Å². The molecule has 1 aromatic heterocycles. The van der Waals surface area contributed by atoms with Crippen LogP contribution in [0.1, 0.15) is 31.9 Å². The van der Waals surface area contributed by atoms with Crippen molar-refractivity contribution < 1.29 is 5.11 Å².